The zero-order chi connectivity index (χ0) is 20.4. The van der Waals surface area contributed by atoms with Gasteiger partial charge in [0.2, 0.25) is 0 Å². The third-order valence-corrected chi connectivity index (χ3v) is 5.10. The van der Waals surface area contributed by atoms with Gasteiger partial charge < -0.3 is 14.8 Å². The maximum Gasteiger partial charge on any atom is 0.255 e. The van der Waals surface area contributed by atoms with E-state index in [0.29, 0.717) is 27.8 Å². The Morgan fingerprint density at radius 3 is 2.18 bits per heavy atom. The molecule has 3 rings (SSSR count). The van der Waals surface area contributed by atoms with E-state index in [1.54, 1.807) is 37.1 Å². The zero-order valence-electron chi connectivity index (χ0n) is 16.5. The Morgan fingerprint density at radius 2 is 1.64 bits per heavy atom. The number of methoxy groups -OCH3 is 2. The molecule has 0 unspecified atom stereocenters. The van der Waals surface area contributed by atoms with Crippen LogP contribution >= 0.6 is 11.6 Å². The van der Waals surface area contributed by atoms with Crippen LogP contribution in [-0.2, 0) is 0 Å². The lowest BCUT2D eigenvalue weighted by molar-refractivity contribution is 0.102. The van der Waals surface area contributed by atoms with Gasteiger partial charge in [0.15, 0.2) is 11.5 Å². The third kappa shape index (κ3) is 3.68. The summed E-state index contributed by atoms with van der Waals surface area (Å²) in [5.41, 5.74) is 4.54. The van der Waals surface area contributed by atoms with Crippen LogP contribution in [0.3, 0.4) is 0 Å². The largest absolute Gasteiger partial charge is 0.493 e. The number of benzene rings is 2. The van der Waals surface area contributed by atoms with Crippen LogP contribution in [0.15, 0.2) is 36.4 Å². The molecular formula is C21H22ClN3O3. The highest BCUT2D eigenvalue weighted by atomic mass is 35.5. The fraction of sp³-hybridized carbons (Fsp3) is 0.238. The van der Waals surface area contributed by atoms with Gasteiger partial charge in [0.25, 0.3) is 5.91 Å². The normalized spacial score (nSPS) is 10.6. The number of hydrogen-bond donors (Lipinski definition) is 1. The Hall–Kier alpha value is -2.99. The van der Waals surface area contributed by atoms with E-state index in [0.717, 1.165) is 22.6 Å². The average Bonchev–Trinajstić information content (AvgIpc) is 2.96. The number of rotatable bonds is 5. The van der Waals surface area contributed by atoms with Crippen molar-refractivity contribution in [3.05, 3.63) is 63.9 Å². The molecule has 0 aliphatic heterocycles. The molecule has 3 aromatic rings. The standard InChI is InChI=1S/C21H22ClN3O3/c1-12-10-18(27-4)19(28-5)11-17(12)23-21(26)15-6-8-16(9-7-15)25-14(3)20(22)13(2)24-25/h6-11H,1-5H3,(H,23,26). The van der Waals surface area contributed by atoms with Crippen molar-refractivity contribution in [2.24, 2.45) is 0 Å². The van der Waals surface area contributed by atoms with Gasteiger partial charge in [-0.25, -0.2) is 4.68 Å². The molecule has 0 atom stereocenters. The summed E-state index contributed by atoms with van der Waals surface area (Å²) < 4.78 is 12.4. The van der Waals surface area contributed by atoms with Crippen molar-refractivity contribution in [2.45, 2.75) is 20.8 Å². The molecule has 28 heavy (non-hydrogen) atoms. The van der Waals surface area contributed by atoms with Crippen LogP contribution in [0.2, 0.25) is 5.02 Å². The molecule has 1 heterocycles. The lowest BCUT2D eigenvalue weighted by atomic mass is 10.1. The number of carbonyl (C=O) groups is 1. The van der Waals surface area contributed by atoms with E-state index in [1.807, 2.05) is 39.0 Å². The van der Waals surface area contributed by atoms with Crippen molar-refractivity contribution < 1.29 is 14.3 Å². The first-order chi connectivity index (χ1) is 13.3. The predicted molar refractivity (Wildman–Crippen MR) is 110 cm³/mol. The number of halogens is 1. The quantitative estimate of drug-likeness (QED) is 0.674. The van der Waals surface area contributed by atoms with Gasteiger partial charge in [-0.2, -0.15) is 5.10 Å². The summed E-state index contributed by atoms with van der Waals surface area (Å²) in [6.07, 6.45) is 0. The summed E-state index contributed by atoms with van der Waals surface area (Å²) in [7, 11) is 3.13. The number of nitrogens with zero attached hydrogens (tertiary/aromatic N) is 2. The van der Waals surface area contributed by atoms with Crippen LogP contribution in [0.5, 0.6) is 11.5 Å². The van der Waals surface area contributed by atoms with Crippen LogP contribution in [0, 0.1) is 20.8 Å². The van der Waals surface area contributed by atoms with Crippen LogP contribution in [0.4, 0.5) is 5.69 Å². The van der Waals surface area contributed by atoms with Gasteiger partial charge in [0.1, 0.15) is 0 Å². The second-order valence-electron chi connectivity index (χ2n) is 6.42. The monoisotopic (exact) mass is 399 g/mol. The Labute approximate surface area is 169 Å². The predicted octanol–water partition coefficient (Wildman–Crippen LogP) is 4.72. The lowest BCUT2D eigenvalue weighted by Crippen LogP contribution is -2.13. The van der Waals surface area contributed by atoms with Crippen molar-refractivity contribution in [3.63, 3.8) is 0 Å². The molecule has 0 aliphatic rings. The number of aromatic nitrogens is 2. The molecule has 1 aromatic heterocycles. The minimum atomic E-state index is -0.215. The van der Waals surface area contributed by atoms with E-state index >= 15 is 0 Å². The first kappa shape index (κ1) is 19.8. The van der Waals surface area contributed by atoms with E-state index < -0.39 is 0 Å². The minimum absolute atomic E-state index is 0.215. The molecule has 146 valence electrons. The smallest absolute Gasteiger partial charge is 0.255 e. The van der Waals surface area contributed by atoms with Gasteiger partial charge in [-0.3, -0.25) is 4.79 Å². The summed E-state index contributed by atoms with van der Waals surface area (Å²) in [6, 6.07) is 10.8. The fourth-order valence-electron chi connectivity index (χ4n) is 2.94. The van der Waals surface area contributed by atoms with Crippen LogP contribution in [0.1, 0.15) is 27.3 Å². The fourth-order valence-corrected chi connectivity index (χ4v) is 3.06. The van der Waals surface area contributed by atoms with E-state index in [4.69, 9.17) is 21.1 Å². The Kier molecular flexibility index (Phi) is 5.61. The molecule has 0 aliphatic carbocycles. The lowest BCUT2D eigenvalue weighted by Gasteiger charge is -2.14. The Balaban J connectivity index is 1.83. The maximum atomic E-state index is 12.7. The molecule has 1 amide bonds. The molecule has 0 saturated heterocycles. The molecule has 0 spiro atoms. The maximum absolute atomic E-state index is 12.7. The van der Waals surface area contributed by atoms with Crippen molar-refractivity contribution in [1.29, 1.82) is 0 Å². The molecule has 0 bridgehead atoms. The number of amides is 1. The number of anilines is 1. The van der Waals surface area contributed by atoms with Crippen LogP contribution in [-0.4, -0.2) is 29.9 Å². The van der Waals surface area contributed by atoms with Gasteiger partial charge in [0, 0.05) is 17.3 Å². The summed E-state index contributed by atoms with van der Waals surface area (Å²) in [6.45, 7) is 5.66. The Bertz CT molecular complexity index is 1030. The number of ether oxygens (including phenoxy) is 2. The zero-order valence-corrected chi connectivity index (χ0v) is 17.2. The number of carbonyl (C=O) groups excluding carboxylic acids is 1. The second kappa shape index (κ2) is 7.94. The topological polar surface area (TPSA) is 65.4 Å². The molecule has 6 nitrogen and oxygen atoms in total. The van der Waals surface area contributed by atoms with E-state index in [2.05, 4.69) is 10.4 Å². The molecule has 2 aromatic carbocycles. The van der Waals surface area contributed by atoms with Crippen LogP contribution < -0.4 is 14.8 Å². The summed E-state index contributed by atoms with van der Waals surface area (Å²) in [5, 5.41) is 7.99. The van der Waals surface area contributed by atoms with Gasteiger partial charge in [-0.15, -0.1) is 0 Å². The first-order valence-corrected chi connectivity index (χ1v) is 9.09. The van der Waals surface area contributed by atoms with Crippen molar-refractivity contribution in [2.75, 3.05) is 19.5 Å². The second-order valence-corrected chi connectivity index (χ2v) is 6.80. The van der Waals surface area contributed by atoms with Crippen molar-refractivity contribution in [3.8, 4) is 17.2 Å². The SMILES string of the molecule is COc1cc(C)c(NC(=O)c2ccc(-n3nc(C)c(Cl)c3C)cc2)cc1OC. The minimum Gasteiger partial charge on any atom is -0.493 e. The first-order valence-electron chi connectivity index (χ1n) is 8.71. The van der Waals surface area contributed by atoms with E-state index in [1.165, 1.54) is 0 Å². The van der Waals surface area contributed by atoms with Crippen molar-refractivity contribution in [1.82, 2.24) is 9.78 Å². The highest BCUT2D eigenvalue weighted by molar-refractivity contribution is 6.31. The van der Waals surface area contributed by atoms with Gasteiger partial charge in [0.05, 0.1) is 36.3 Å². The summed E-state index contributed by atoms with van der Waals surface area (Å²) >= 11 is 6.21. The Morgan fingerprint density at radius 1 is 1.04 bits per heavy atom. The highest BCUT2D eigenvalue weighted by Crippen LogP contribution is 2.33. The van der Waals surface area contributed by atoms with Gasteiger partial charge in [-0.05, 0) is 56.7 Å². The number of aryl methyl sites for hydroxylation is 2. The highest BCUT2D eigenvalue weighted by Gasteiger charge is 2.14. The molecule has 0 radical (unpaired) electrons. The molecular weight excluding hydrogens is 378 g/mol. The van der Waals surface area contributed by atoms with E-state index in [9.17, 15) is 4.79 Å². The number of nitrogens with one attached hydrogen (secondary N) is 1. The molecule has 0 saturated carbocycles. The number of hydrogen-bond acceptors (Lipinski definition) is 4. The van der Waals surface area contributed by atoms with Gasteiger partial charge in [-0.1, -0.05) is 11.6 Å². The van der Waals surface area contributed by atoms with Gasteiger partial charge >= 0.3 is 0 Å². The summed E-state index contributed by atoms with van der Waals surface area (Å²) in [5.74, 6) is 0.958. The van der Waals surface area contributed by atoms with E-state index in [-0.39, 0.29) is 5.91 Å². The molecule has 1 N–H and O–H groups in total. The molecule has 7 heteroatoms. The van der Waals surface area contributed by atoms with Crippen molar-refractivity contribution >= 4 is 23.2 Å². The van der Waals surface area contributed by atoms with Crippen LogP contribution in [0.25, 0.3) is 5.69 Å². The third-order valence-electron chi connectivity index (χ3n) is 4.56. The molecule has 0 fully saturated rings. The average molecular weight is 400 g/mol. The summed E-state index contributed by atoms with van der Waals surface area (Å²) in [4.78, 5) is 12.7.